The molecular formula is C46H89NO8P+. The van der Waals surface area contributed by atoms with Gasteiger partial charge in [0.15, 0.2) is 6.10 Å². The largest absolute Gasteiger partial charge is 0.472 e. The topological polar surface area (TPSA) is 108 Å². The predicted octanol–water partition coefficient (Wildman–Crippen LogP) is 13.1. The summed E-state index contributed by atoms with van der Waals surface area (Å²) in [5.41, 5.74) is 0. The molecule has 0 aromatic carbocycles. The molecule has 2 unspecified atom stereocenters. The smallest absolute Gasteiger partial charge is 0.462 e. The fourth-order valence-corrected chi connectivity index (χ4v) is 7.08. The van der Waals surface area contributed by atoms with E-state index in [1.165, 1.54) is 128 Å². The summed E-state index contributed by atoms with van der Waals surface area (Å²) < 4.78 is 34.3. The first-order chi connectivity index (χ1) is 27.0. The van der Waals surface area contributed by atoms with E-state index >= 15 is 0 Å². The van der Waals surface area contributed by atoms with Crippen LogP contribution in [0.4, 0.5) is 0 Å². The minimum atomic E-state index is -4.37. The number of hydrogen-bond donors (Lipinski definition) is 1. The first kappa shape index (κ1) is 54.5. The van der Waals surface area contributed by atoms with Gasteiger partial charge in [0, 0.05) is 12.8 Å². The van der Waals surface area contributed by atoms with E-state index in [1.54, 1.807) is 0 Å². The molecule has 0 rings (SSSR count). The molecule has 0 fully saturated rings. The molecule has 0 saturated carbocycles. The summed E-state index contributed by atoms with van der Waals surface area (Å²) >= 11 is 0. The van der Waals surface area contributed by atoms with E-state index in [0.717, 1.165) is 44.9 Å². The number of allylic oxidation sites excluding steroid dienone is 4. The van der Waals surface area contributed by atoms with E-state index in [9.17, 15) is 19.0 Å². The van der Waals surface area contributed by atoms with Crippen molar-refractivity contribution in [2.45, 2.75) is 213 Å². The highest BCUT2D eigenvalue weighted by molar-refractivity contribution is 7.47. The summed E-state index contributed by atoms with van der Waals surface area (Å²) in [5, 5.41) is 0. The standard InChI is InChI=1S/C46H88NO8P/c1-6-8-10-12-14-16-18-20-21-22-23-24-25-27-29-31-33-35-37-39-46(49)55-44(43-54-56(50,51)53-41-40-47(3,4)5)42-52-45(48)38-36-34-32-30-28-26-19-17-15-13-11-9-7-2/h14,16,20-21,44H,6-13,15,17-19,22-43H2,1-5H3/p+1/b16-14-,21-20-. The molecule has 330 valence electrons. The van der Waals surface area contributed by atoms with Gasteiger partial charge in [-0.1, -0.05) is 173 Å². The summed E-state index contributed by atoms with van der Waals surface area (Å²) in [6.45, 7) is 4.41. The highest BCUT2D eigenvalue weighted by atomic mass is 31.2. The Morgan fingerprint density at radius 2 is 0.964 bits per heavy atom. The van der Waals surface area contributed by atoms with E-state index in [1.807, 2.05) is 21.1 Å². The second-order valence-electron chi connectivity index (χ2n) is 16.8. The highest BCUT2D eigenvalue weighted by Gasteiger charge is 2.27. The lowest BCUT2D eigenvalue weighted by molar-refractivity contribution is -0.870. The number of hydrogen-bond acceptors (Lipinski definition) is 7. The second-order valence-corrected chi connectivity index (χ2v) is 18.2. The molecule has 56 heavy (non-hydrogen) atoms. The Bertz CT molecular complexity index is 1010. The van der Waals surface area contributed by atoms with Gasteiger partial charge in [0.1, 0.15) is 19.8 Å². The van der Waals surface area contributed by atoms with Crippen LogP contribution in [0.3, 0.4) is 0 Å². The van der Waals surface area contributed by atoms with Gasteiger partial charge < -0.3 is 18.9 Å². The molecule has 0 aliphatic carbocycles. The predicted molar refractivity (Wildman–Crippen MR) is 234 cm³/mol. The monoisotopic (exact) mass is 815 g/mol. The molecular weight excluding hydrogens is 725 g/mol. The zero-order valence-corrected chi connectivity index (χ0v) is 38.0. The maximum Gasteiger partial charge on any atom is 0.472 e. The molecule has 0 spiro atoms. The third-order valence-corrected chi connectivity index (χ3v) is 11.0. The van der Waals surface area contributed by atoms with Gasteiger partial charge in [-0.15, -0.1) is 0 Å². The number of carbonyl (C=O) groups is 2. The van der Waals surface area contributed by atoms with Gasteiger partial charge in [0.25, 0.3) is 0 Å². The van der Waals surface area contributed by atoms with Crippen LogP contribution in [0.1, 0.15) is 206 Å². The molecule has 0 aliphatic heterocycles. The average Bonchev–Trinajstić information content (AvgIpc) is 3.15. The Balaban J connectivity index is 4.30. The fourth-order valence-electron chi connectivity index (χ4n) is 6.34. The van der Waals surface area contributed by atoms with Crippen LogP contribution in [0.15, 0.2) is 24.3 Å². The molecule has 9 nitrogen and oxygen atoms in total. The van der Waals surface area contributed by atoms with Crippen LogP contribution in [-0.4, -0.2) is 74.9 Å². The molecule has 2 atom stereocenters. The Hall–Kier alpha value is -1.51. The third kappa shape index (κ3) is 42.1. The van der Waals surface area contributed by atoms with Crippen LogP contribution in [0, 0.1) is 0 Å². The number of phosphoric acid groups is 1. The SMILES string of the molecule is CCCCC/C=C\C/C=C\CCCCCCCCCCCC(=O)OC(COC(=O)CCCCCCCCCCCCCCC)COP(=O)(O)OCC[N+](C)(C)C. The minimum absolute atomic E-state index is 0.0328. The van der Waals surface area contributed by atoms with Gasteiger partial charge >= 0.3 is 19.8 Å². The van der Waals surface area contributed by atoms with Crippen molar-refractivity contribution in [3.05, 3.63) is 24.3 Å². The normalized spacial score (nSPS) is 13.8. The molecule has 0 saturated heterocycles. The molecule has 0 aliphatic rings. The lowest BCUT2D eigenvalue weighted by Gasteiger charge is -2.24. The Morgan fingerprint density at radius 1 is 0.554 bits per heavy atom. The number of ether oxygens (including phenoxy) is 2. The Labute approximate surface area is 345 Å². The van der Waals surface area contributed by atoms with Crippen LogP contribution >= 0.6 is 7.82 Å². The van der Waals surface area contributed by atoms with Crippen molar-refractivity contribution in [1.82, 2.24) is 0 Å². The molecule has 0 heterocycles. The number of rotatable bonds is 42. The van der Waals surface area contributed by atoms with Crippen molar-refractivity contribution < 1.29 is 42.1 Å². The number of esters is 2. The maximum atomic E-state index is 12.7. The number of quaternary nitrogens is 1. The summed E-state index contributed by atoms with van der Waals surface area (Å²) in [7, 11) is 1.48. The van der Waals surface area contributed by atoms with Crippen molar-refractivity contribution >= 4 is 19.8 Å². The number of carbonyl (C=O) groups excluding carboxylic acids is 2. The summed E-state index contributed by atoms with van der Waals surface area (Å²) in [4.78, 5) is 35.4. The van der Waals surface area contributed by atoms with Crippen LogP contribution in [0.25, 0.3) is 0 Å². The lowest BCUT2D eigenvalue weighted by atomic mass is 10.0. The molecule has 0 aromatic heterocycles. The van der Waals surface area contributed by atoms with Crippen molar-refractivity contribution in [2.75, 3.05) is 47.5 Å². The third-order valence-electron chi connectivity index (χ3n) is 9.98. The number of unbranched alkanes of at least 4 members (excludes halogenated alkanes) is 24. The van der Waals surface area contributed by atoms with Gasteiger partial charge in [-0.2, -0.15) is 0 Å². The van der Waals surface area contributed by atoms with E-state index in [-0.39, 0.29) is 25.6 Å². The van der Waals surface area contributed by atoms with E-state index in [2.05, 4.69) is 38.2 Å². The van der Waals surface area contributed by atoms with Crippen molar-refractivity contribution in [2.24, 2.45) is 0 Å². The number of likely N-dealkylation sites (N-methyl/N-ethyl adjacent to an activating group) is 1. The van der Waals surface area contributed by atoms with Crippen LogP contribution in [-0.2, 0) is 32.7 Å². The molecule has 0 aromatic rings. The maximum absolute atomic E-state index is 12.7. The minimum Gasteiger partial charge on any atom is -0.462 e. The fraction of sp³-hybridized carbons (Fsp3) is 0.870. The van der Waals surface area contributed by atoms with Gasteiger partial charge in [-0.05, 0) is 44.9 Å². The molecule has 0 radical (unpaired) electrons. The zero-order chi connectivity index (χ0) is 41.4. The van der Waals surface area contributed by atoms with Crippen molar-refractivity contribution in [3.8, 4) is 0 Å². The summed E-state index contributed by atoms with van der Waals surface area (Å²) in [6, 6.07) is 0. The van der Waals surface area contributed by atoms with Gasteiger partial charge in [0.05, 0.1) is 27.7 Å². The molecule has 1 N–H and O–H groups in total. The second kappa shape index (κ2) is 39.0. The van der Waals surface area contributed by atoms with Crippen molar-refractivity contribution in [1.29, 1.82) is 0 Å². The Kier molecular flexibility index (Phi) is 37.9. The van der Waals surface area contributed by atoms with Crippen LogP contribution < -0.4 is 0 Å². The average molecular weight is 815 g/mol. The van der Waals surface area contributed by atoms with Gasteiger partial charge in [0.2, 0.25) is 0 Å². The molecule has 10 heteroatoms. The van der Waals surface area contributed by atoms with Crippen LogP contribution in [0.5, 0.6) is 0 Å². The first-order valence-electron chi connectivity index (χ1n) is 23.1. The number of phosphoric ester groups is 1. The Morgan fingerprint density at radius 3 is 1.45 bits per heavy atom. The zero-order valence-electron chi connectivity index (χ0n) is 37.1. The molecule has 0 amide bonds. The van der Waals surface area contributed by atoms with Gasteiger partial charge in [-0.25, -0.2) is 4.57 Å². The highest BCUT2D eigenvalue weighted by Crippen LogP contribution is 2.43. The lowest BCUT2D eigenvalue weighted by Crippen LogP contribution is -2.37. The first-order valence-corrected chi connectivity index (χ1v) is 24.6. The van der Waals surface area contributed by atoms with E-state index < -0.39 is 26.5 Å². The molecule has 0 bridgehead atoms. The van der Waals surface area contributed by atoms with Crippen LogP contribution in [0.2, 0.25) is 0 Å². The summed E-state index contributed by atoms with van der Waals surface area (Å²) in [5.74, 6) is -0.796. The summed E-state index contributed by atoms with van der Waals surface area (Å²) in [6.07, 6.45) is 42.2. The van der Waals surface area contributed by atoms with E-state index in [4.69, 9.17) is 18.5 Å². The van der Waals surface area contributed by atoms with Gasteiger partial charge in [-0.3, -0.25) is 18.6 Å². The number of nitrogens with zero attached hydrogens (tertiary/aromatic N) is 1. The quantitative estimate of drug-likeness (QED) is 0.0213. The van der Waals surface area contributed by atoms with E-state index in [0.29, 0.717) is 23.9 Å². The van der Waals surface area contributed by atoms with Crippen molar-refractivity contribution in [3.63, 3.8) is 0 Å².